The third-order valence-corrected chi connectivity index (χ3v) is 2.97. The number of nitrogens with one attached hydrogen (secondary N) is 1. The van der Waals surface area contributed by atoms with Crippen LogP contribution in [0.5, 0.6) is 0 Å². The highest BCUT2D eigenvalue weighted by atomic mass is 32.2. The second kappa shape index (κ2) is 6.29. The SMILES string of the molecule is COCc1nc(NN)cc(Sc2ccncc2)n1. The second-order valence-corrected chi connectivity index (χ2v) is 4.46. The van der Waals surface area contributed by atoms with Crippen molar-refractivity contribution in [1.82, 2.24) is 15.0 Å². The highest BCUT2D eigenvalue weighted by Crippen LogP contribution is 2.26. The molecule has 0 saturated carbocycles. The van der Waals surface area contributed by atoms with Crippen molar-refractivity contribution in [3.05, 3.63) is 36.4 Å². The fourth-order valence-corrected chi connectivity index (χ4v) is 2.14. The number of pyridine rings is 1. The predicted octanol–water partition coefficient (Wildman–Crippen LogP) is 1.45. The minimum Gasteiger partial charge on any atom is -0.377 e. The number of nitrogens with two attached hydrogens (primary N) is 1. The number of nitrogens with zero attached hydrogens (tertiary/aromatic N) is 3. The molecule has 2 aromatic rings. The number of methoxy groups -OCH3 is 1. The number of hydrogen-bond donors (Lipinski definition) is 2. The van der Waals surface area contributed by atoms with Gasteiger partial charge < -0.3 is 10.2 Å². The van der Waals surface area contributed by atoms with Gasteiger partial charge in [0.1, 0.15) is 17.5 Å². The highest BCUT2D eigenvalue weighted by molar-refractivity contribution is 7.99. The summed E-state index contributed by atoms with van der Waals surface area (Å²) in [6, 6.07) is 5.61. The summed E-state index contributed by atoms with van der Waals surface area (Å²) in [4.78, 5) is 13.6. The van der Waals surface area contributed by atoms with Gasteiger partial charge in [0.05, 0.1) is 0 Å². The van der Waals surface area contributed by atoms with Gasteiger partial charge in [0.25, 0.3) is 0 Å². The molecule has 0 aliphatic heterocycles. The largest absolute Gasteiger partial charge is 0.377 e. The summed E-state index contributed by atoms with van der Waals surface area (Å²) in [7, 11) is 1.60. The zero-order chi connectivity index (χ0) is 12.8. The molecule has 7 heteroatoms. The maximum atomic E-state index is 5.38. The van der Waals surface area contributed by atoms with Gasteiger partial charge >= 0.3 is 0 Å². The highest BCUT2D eigenvalue weighted by Gasteiger charge is 2.05. The third kappa shape index (κ3) is 3.39. The molecule has 18 heavy (non-hydrogen) atoms. The van der Waals surface area contributed by atoms with E-state index in [0.717, 1.165) is 9.92 Å². The molecule has 3 N–H and O–H groups in total. The zero-order valence-electron chi connectivity index (χ0n) is 9.83. The molecule has 0 aromatic carbocycles. The number of hydrogen-bond acceptors (Lipinski definition) is 7. The molecular weight excluding hydrogens is 250 g/mol. The van der Waals surface area contributed by atoms with Crippen molar-refractivity contribution in [3.8, 4) is 0 Å². The topological polar surface area (TPSA) is 86.0 Å². The quantitative estimate of drug-likeness (QED) is 0.479. The lowest BCUT2D eigenvalue weighted by molar-refractivity contribution is 0.177. The van der Waals surface area contributed by atoms with Gasteiger partial charge in [-0.15, -0.1) is 0 Å². The number of anilines is 1. The Balaban J connectivity index is 2.24. The van der Waals surface area contributed by atoms with Gasteiger partial charge in [0.15, 0.2) is 5.82 Å². The van der Waals surface area contributed by atoms with E-state index in [9.17, 15) is 0 Å². The van der Waals surface area contributed by atoms with Gasteiger partial charge in [0, 0.05) is 30.5 Å². The van der Waals surface area contributed by atoms with Gasteiger partial charge in [-0.2, -0.15) is 0 Å². The van der Waals surface area contributed by atoms with E-state index in [4.69, 9.17) is 10.6 Å². The van der Waals surface area contributed by atoms with Crippen LogP contribution in [0.25, 0.3) is 0 Å². The Kier molecular flexibility index (Phi) is 4.46. The van der Waals surface area contributed by atoms with E-state index in [1.807, 2.05) is 12.1 Å². The molecule has 2 heterocycles. The first-order chi connectivity index (χ1) is 8.81. The van der Waals surface area contributed by atoms with Gasteiger partial charge in [0.2, 0.25) is 0 Å². The van der Waals surface area contributed by atoms with E-state index in [0.29, 0.717) is 18.2 Å². The van der Waals surface area contributed by atoms with Crippen LogP contribution in [0.2, 0.25) is 0 Å². The summed E-state index contributed by atoms with van der Waals surface area (Å²) in [6.07, 6.45) is 3.48. The summed E-state index contributed by atoms with van der Waals surface area (Å²) in [6.45, 7) is 0.347. The number of aromatic nitrogens is 3. The van der Waals surface area contributed by atoms with Crippen molar-refractivity contribution < 1.29 is 4.74 Å². The van der Waals surface area contributed by atoms with E-state index in [1.54, 1.807) is 25.6 Å². The molecule has 0 atom stereocenters. The average molecular weight is 263 g/mol. The van der Waals surface area contributed by atoms with Crippen LogP contribution in [0.15, 0.2) is 40.5 Å². The number of hydrazine groups is 1. The monoisotopic (exact) mass is 263 g/mol. The summed E-state index contributed by atoms with van der Waals surface area (Å²) in [5, 5.41) is 0.802. The Labute approximate surface area is 109 Å². The van der Waals surface area contributed by atoms with Gasteiger partial charge in [-0.3, -0.25) is 4.98 Å². The first-order valence-electron chi connectivity index (χ1n) is 5.23. The van der Waals surface area contributed by atoms with Crippen molar-refractivity contribution in [2.45, 2.75) is 16.5 Å². The lowest BCUT2D eigenvalue weighted by atomic mass is 10.5. The Morgan fingerprint density at radius 1 is 1.33 bits per heavy atom. The Bertz CT molecular complexity index is 508. The molecule has 0 aliphatic rings. The van der Waals surface area contributed by atoms with Crippen LogP contribution in [-0.2, 0) is 11.3 Å². The third-order valence-electron chi connectivity index (χ3n) is 2.04. The summed E-state index contributed by atoms with van der Waals surface area (Å²) in [5.41, 5.74) is 2.52. The normalized spacial score (nSPS) is 10.3. The maximum absolute atomic E-state index is 5.38. The summed E-state index contributed by atoms with van der Waals surface area (Å²) >= 11 is 1.51. The Morgan fingerprint density at radius 2 is 2.11 bits per heavy atom. The summed E-state index contributed by atoms with van der Waals surface area (Å²) in [5.74, 6) is 6.53. The van der Waals surface area contributed by atoms with Crippen LogP contribution in [0.1, 0.15) is 5.82 Å². The molecule has 0 unspecified atom stereocenters. The zero-order valence-corrected chi connectivity index (χ0v) is 10.6. The second-order valence-electron chi connectivity index (χ2n) is 3.37. The van der Waals surface area contributed by atoms with Gasteiger partial charge in [-0.05, 0) is 12.1 Å². The van der Waals surface area contributed by atoms with Crippen molar-refractivity contribution >= 4 is 17.6 Å². The van der Waals surface area contributed by atoms with Crippen LogP contribution in [0.4, 0.5) is 5.82 Å². The molecule has 2 aromatic heterocycles. The number of nitrogen functional groups attached to an aromatic ring is 1. The van der Waals surface area contributed by atoms with Crippen molar-refractivity contribution in [2.24, 2.45) is 5.84 Å². The Hall–Kier alpha value is -1.70. The van der Waals surface area contributed by atoms with E-state index >= 15 is 0 Å². The predicted molar refractivity (Wildman–Crippen MR) is 68.9 cm³/mol. The molecule has 0 saturated heterocycles. The van der Waals surface area contributed by atoms with Gasteiger partial charge in [-0.25, -0.2) is 15.8 Å². The van der Waals surface area contributed by atoms with Crippen LogP contribution in [-0.4, -0.2) is 22.1 Å². The van der Waals surface area contributed by atoms with Crippen molar-refractivity contribution in [1.29, 1.82) is 0 Å². The van der Waals surface area contributed by atoms with Crippen LogP contribution in [0, 0.1) is 0 Å². The first-order valence-corrected chi connectivity index (χ1v) is 6.05. The fraction of sp³-hybridized carbons (Fsp3) is 0.182. The molecule has 0 radical (unpaired) electrons. The molecule has 0 spiro atoms. The van der Waals surface area contributed by atoms with Crippen LogP contribution >= 0.6 is 11.8 Å². The minimum absolute atomic E-state index is 0.347. The fourth-order valence-electron chi connectivity index (χ4n) is 1.32. The molecule has 0 bridgehead atoms. The van der Waals surface area contributed by atoms with Crippen molar-refractivity contribution in [2.75, 3.05) is 12.5 Å². The number of rotatable bonds is 5. The van der Waals surface area contributed by atoms with Gasteiger partial charge in [-0.1, -0.05) is 11.8 Å². The molecular formula is C11H13N5OS. The van der Waals surface area contributed by atoms with E-state index in [2.05, 4.69) is 20.4 Å². The van der Waals surface area contributed by atoms with E-state index in [-0.39, 0.29) is 0 Å². The molecule has 0 aliphatic carbocycles. The number of ether oxygens (including phenoxy) is 1. The molecule has 0 fully saturated rings. The molecule has 0 amide bonds. The molecule has 94 valence electrons. The Morgan fingerprint density at radius 3 is 2.78 bits per heavy atom. The summed E-state index contributed by atoms with van der Waals surface area (Å²) < 4.78 is 5.02. The van der Waals surface area contributed by atoms with Crippen molar-refractivity contribution in [3.63, 3.8) is 0 Å². The van der Waals surface area contributed by atoms with E-state index in [1.165, 1.54) is 11.8 Å². The average Bonchev–Trinajstić information content (AvgIpc) is 2.40. The van der Waals surface area contributed by atoms with E-state index < -0.39 is 0 Å². The van der Waals surface area contributed by atoms with Crippen LogP contribution in [0.3, 0.4) is 0 Å². The molecule has 2 rings (SSSR count). The van der Waals surface area contributed by atoms with Crippen LogP contribution < -0.4 is 11.3 Å². The lowest BCUT2D eigenvalue weighted by Crippen LogP contribution is -2.11. The first kappa shape index (κ1) is 12.7. The molecule has 6 nitrogen and oxygen atoms in total. The lowest BCUT2D eigenvalue weighted by Gasteiger charge is -2.06. The smallest absolute Gasteiger partial charge is 0.157 e. The standard InChI is InChI=1S/C11H13N5OS/c1-17-7-10-14-9(16-12)6-11(15-10)18-8-2-4-13-5-3-8/h2-6H,7,12H2,1H3,(H,14,15,16). The maximum Gasteiger partial charge on any atom is 0.157 e. The minimum atomic E-state index is 0.347.